The van der Waals surface area contributed by atoms with E-state index in [0.29, 0.717) is 29.2 Å². The molecule has 2 aromatic carbocycles. The smallest absolute Gasteiger partial charge is 0.435 e. The van der Waals surface area contributed by atoms with Gasteiger partial charge >= 0.3 is 6.18 Å². The van der Waals surface area contributed by atoms with Crippen molar-refractivity contribution in [3.63, 3.8) is 0 Å². The number of halogens is 3. The first-order chi connectivity index (χ1) is 12.9. The van der Waals surface area contributed by atoms with Crippen LogP contribution in [0.5, 0.6) is 5.75 Å². The van der Waals surface area contributed by atoms with Gasteiger partial charge in [0, 0.05) is 5.56 Å². The first-order valence-corrected chi connectivity index (χ1v) is 8.53. The normalized spacial score (nSPS) is 11.6. The van der Waals surface area contributed by atoms with E-state index in [-0.39, 0.29) is 0 Å². The highest BCUT2D eigenvalue weighted by molar-refractivity contribution is 5.63. The number of alkyl halides is 3. The summed E-state index contributed by atoms with van der Waals surface area (Å²) in [6.07, 6.45) is -2.82. The van der Waals surface area contributed by atoms with E-state index in [9.17, 15) is 13.2 Å². The van der Waals surface area contributed by atoms with Crippen LogP contribution in [0.1, 0.15) is 17.7 Å². The van der Waals surface area contributed by atoms with Crippen molar-refractivity contribution in [2.45, 2.75) is 19.0 Å². The van der Waals surface area contributed by atoms with Gasteiger partial charge < -0.3 is 10.5 Å². The predicted octanol–water partition coefficient (Wildman–Crippen LogP) is 4.46. The van der Waals surface area contributed by atoms with Crippen molar-refractivity contribution in [1.82, 2.24) is 9.78 Å². The molecule has 0 amide bonds. The predicted molar refractivity (Wildman–Crippen MR) is 97.9 cm³/mol. The Balaban J connectivity index is 2.03. The number of methoxy groups -OCH3 is 1. The van der Waals surface area contributed by atoms with Gasteiger partial charge in [-0.25, -0.2) is 4.68 Å². The Hall–Kier alpha value is -2.80. The van der Waals surface area contributed by atoms with Gasteiger partial charge in [0.1, 0.15) is 5.75 Å². The molecule has 3 aromatic rings. The van der Waals surface area contributed by atoms with Crippen LogP contribution in [0.3, 0.4) is 0 Å². The zero-order chi connectivity index (χ0) is 19.4. The largest absolute Gasteiger partial charge is 0.497 e. The van der Waals surface area contributed by atoms with Gasteiger partial charge in [-0.1, -0.05) is 24.3 Å². The molecular weight excluding hydrogens is 355 g/mol. The lowest BCUT2D eigenvalue weighted by molar-refractivity contribution is -0.141. The highest BCUT2D eigenvalue weighted by Gasteiger charge is 2.35. The highest BCUT2D eigenvalue weighted by atomic mass is 19.4. The Morgan fingerprint density at radius 2 is 1.70 bits per heavy atom. The van der Waals surface area contributed by atoms with E-state index in [1.807, 2.05) is 24.3 Å². The molecule has 4 nitrogen and oxygen atoms in total. The molecule has 0 saturated heterocycles. The molecule has 142 valence electrons. The molecule has 0 aliphatic heterocycles. The second kappa shape index (κ2) is 7.84. The Bertz CT molecular complexity index is 884. The summed E-state index contributed by atoms with van der Waals surface area (Å²) in [5, 5.41) is 3.79. The quantitative estimate of drug-likeness (QED) is 0.692. The number of nitrogens with two attached hydrogens (primary N) is 1. The molecule has 0 bridgehead atoms. The molecule has 0 fully saturated rings. The van der Waals surface area contributed by atoms with Gasteiger partial charge in [-0.2, -0.15) is 18.3 Å². The molecule has 1 aromatic heterocycles. The van der Waals surface area contributed by atoms with Gasteiger partial charge in [0.15, 0.2) is 5.69 Å². The summed E-state index contributed by atoms with van der Waals surface area (Å²) < 4.78 is 46.1. The van der Waals surface area contributed by atoms with Gasteiger partial charge in [-0.15, -0.1) is 0 Å². The van der Waals surface area contributed by atoms with Crippen LogP contribution >= 0.6 is 0 Å². The zero-order valence-corrected chi connectivity index (χ0v) is 14.8. The molecule has 0 aliphatic carbocycles. The number of aryl methyl sites for hydroxylation is 1. The van der Waals surface area contributed by atoms with Gasteiger partial charge in [-0.3, -0.25) is 0 Å². The lowest BCUT2D eigenvalue weighted by Gasteiger charge is -2.09. The monoisotopic (exact) mass is 375 g/mol. The first-order valence-electron chi connectivity index (χ1n) is 8.53. The minimum absolute atomic E-state index is 0.373. The molecule has 3 rings (SSSR count). The molecule has 2 N–H and O–H groups in total. The van der Waals surface area contributed by atoms with Gasteiger partial charge in [0.2, 0.25) is 0 Å². The van der Waals surface area contributed by atoms with Crippen LogP contribution in [-0.2, 0) is 12.6 Å². The average Bonchev–Trinajstić information content (AvgIpc) is 3.13. The number of hydrogen-bond acceptors (Lipinski definition) is 3. The molecule has 0 aliphatic rings. The van der Waals surface area contributed by atoms with Crippen molar-refractivity contribution in [3.8, 4) is 22.7 Å². The van der Waals surface area contributed by atoms with E-state index in [1.54, 1.807) is 24.3 Å². The number of rotatable bonds is 6. The third-order valence-electron chi connectivity index (χ3n) is 4.24. The van der Waals surface area contributed by atoms with Crippen molar-refractivity contribution in [2.75, 3.05) is 13.7 Å². The summed E-state index contributed by atoms with van der Waals surface area (Å²) in [7, 11) is 1.53. The van der Waals surface area contributed by atoms with E-state index in [4.69, 9.17) is 10.5 Å². The summed E-state index contributed by atoms with van der Waals surface area (Å²) in [6, 6.07) is 15.2. The summed E-state index contributed by atoms with van der Waals surface area (Å²) in [6.45, 7) is 0.598. The fourth-order valence-electron chi connectivity index (χ4n) is 2.79. The zero-order valence-electron chi connectivity index (χ0n) is 14.8. The number of ether oxygens (including phenoxy) is 1. The minimum Gasteiger partial charge on any atom is -0.497 e. The number of aromatic nitrogens is 2. The van der Waals surface area contributed by atoms with Crippen LogP contribution in [0.15, 0.2) is 54.6 Å². The fourth-order valence-corrected chi connectivity index (χ4v) is 2.79. The maximum atomic E-state index is 13.2. The molecule has 0 spiro atoms. The maximum Gasteiger partial charge on any atom is 0.435 e. The first kappa shape index (κ1) is 19.0. The standard InChI is InChI=1S/C20H20F3N3O/c1-27-17-10-8-16(9-11-17)26-18(13-19(25-26)20(21,22)23)15-6-4-14(5-7-15)3-2-12-24/h4-11,13H,2-3,12,24H2,1H3. The number of nitrogens with zero attached hydrogens (tertiary/aromatic N) is 2. The van der Waals surface area contributed by atoms with Crippen molar-refractivity contribution < 1.29 is 17.9 Å². The molecule has 0 saturated carbocycles. The lowest BCUT2D eigenvalue weighted by atomic mass is 10.1. The van der Waals surface area contributed by atoms with Crippen LogP contribution in [0.4, 0.5) is 13.2 Å². The summed E-state index contributed by atoms with van der Waals surface area (Å²) in [5.41, 5.74) is 7.23. The van der Waals surface area contributed by atoms with Crippen LogP contribution in [0, 0.1) is 0 Å². The fraction of sp³-hybridized carbons (Fsp3) is 0.250. The van der Waals surface area contributed by atoms with E-state index in [0.717, 1.165) is 24.5 Å². The van der Waals surface area contributed by atoms with Crippen molar-refractivity contribution in [2.24, 2.45) is 5.73 Å². The van der Waals surface area contributed by atoms with Gasteiger partial charge in [0.25, 0.3) is 0 Å². The van der Waals surface area contributed by atoms with Crippen LogP contribution in [-0.4, -0.2) is 23.4 Å². The second-order valence-corrected chi connectivity index (χ2v) is 6.11. The number of hydrogen-bond donors (Lipinski definition) is 1. The maximum absolute atomic E-state index is 13.2. The average molecular weight is 375 g/mol. The summed E-state index contributed by atoms with van der Waals surface area (Å²) in [5.74, 6) is 0.618. The molecule has 0 atom stereocenters. The summed E-state index contributed by atoms with van der Waals surface area (Å²) >= 11 is 0. The van der Waals surface area contributed by atoms with E-state index in [2.05, 4.69) is 5.10 Å². The molecular formula is C20H20F3N3O. The third kappa shape index (κ3) is 4.31. The molecule has 1 heterocycles. The van der Waals surface area contributed by atoms with Gasteiger partial charge in [0.05, 0.1) is 18.5 Å². The van der Waals surface area contributed by atoms with Crippen molar-refractivity contribution in [1.29, 1.82) is 0 Å². The molecule has 0 unspecified atom stereocenters. The highest BCUT2D eigenvalue weighted by Crippen LogP contribution is 2.33. The third-order valence-corrected chi connectivity index (χ3v) is 4.24. The van der Waals surface area contributed by atoms with E-state index < -0.39 is 11.9 Å². The van der Waals surface area contributed by atoms with Crippen LogP contribution < -0.4 is 10.5 Å². The minimum atomic E-state index is -4.52. The van der Waals surface area contributed by atoms with Crippen LogP contribution in [0.2, 0.25) is 0 Å². The molecule has 27 heavy (non-hydrogen) atoms. The Morgan fingerprint density at radius 1 is 1.04 bits per heavy atom. The van der Waals surface area contributed by atoms with Crippen LogP contribution in [0.25, 0.3) is 16.9 Å². The topological polar surface area (TPSA) is 53.1 Å². The molecule has 0 radical (unpaired) electrons. The Kier molecular flexibility index (Phi) is 5.51. The molecule has 7 heteroatoms. The SMILES string of the molecule is COc1ccc(-n2nc(C(F)(F)F)cc2-c2ccc(CCCN)cc2)cc1. The van der Waals surface area contributed by atoms with Gasteiger partial charge in [-0.05, 0) is 55.3 Å². The number of benzene rings is 2. The van der Waals surface area contributed by atoms with E-state index >= 15 is 0 Å². The lowest BCUT2D eigenvalue weighted by Crippen LogP contribution is -2.07. The summed E-state index contributed by atoms with van der Waals surface area (Å²) in [4.78, 5) is 0. The van der Waals surface area contributed by atoms with E-state index in [1.165, 1.54) is 11.8 Å². The van der Waals surface area contributed by atoms with Crippen molar-refractivity contribution >= 4 is 0 Å². The second-order valence-electron chi connectivity index (χ2n) is 6.11. The van der Waals surface area contributed by atoms with Crippen molar-refractivity contribution in [3.05, 3.63) is 65.9 Å². The Morgan fingerprint density at radius 3 is 2.26 bits per heavy atom. The Labute approximate surface area is 155 Å².